The van der Waals surface area contributed by atoms with Crippen LogP contribution in [0.15, 0.2) is 94.7 Å². The first kappa shape index (κ1) is 26.4. The van der Waals surface area contributed by atoms with Crippen LogP contribution in [0.2, 0.25) is 0 Å². The van der Waals surface area contributed by atoms with Crippen LogP contribution in [-0.4, -0.2) is 29.3 Å². The maximum absolute atomic E-state index is 14.0. The molecule has 4 aromatic carbocycles. The van der Waals surface area contributed by atoms with Crippen molar-refractivity contribution in [3.8, 4) is 11.1 Å². The van der Waals surface area contributed by atoms with Gasteiger partial charge in [-0.15, -0.1) is 0 Å². The molecule has 5 rings (SSSR count). The monoisotopic (exact) mass is 565 g/mol. The molecule has 0 radical (unpaired) electrons. The summed E-state index contributed by atoms with van der Waals surface area (Å²) in [5, 5.41) is 2.60. The summed E-state index contributed by atoms with van der Waals surface area (Å²) in [4.78, 5) is 12.9. The Morgan fingerprint density at radius 1 is 0.897 bits per heavy atom. The van der Waals surface area contributed by atoms with Gasteiger partial charge in [0.25, 0.3) is 20.0 Å². The van der Waals surface area contributed by atoms with Gasteiger partial charge in [-0.2, -0.15) is 0 Å². The van der Waals surface area contributed by atoms with Gasteiger partial charge in [-0.05, 0) is 74.0 Å². The molecular weight excluding hydrogens is 541 g/mol. The molecule has 1 heterocycles. The van der Waals surface area contributed by atoms with E-state index in [9.17, 15) is 26.0 Å². The summed E-state index contributed by atoms with van der Waals surface area (Å²) < 4.78 is 70.0. The second-order valence-electron chi connectivity index (χ2n) is 9.17. The van der Waals surface area contributed by atoms with E-state index in [1.807, 2.05) is 13.0 Å². The number of aryl methyl sites for hydroxylation is 2. The van der Waals surface area contributed by atoms with Gasteiger partial charge in [0, 0.05) is 16.8 Å². The number of carbonyl (C=O) groups is 1. The second-order valence-corrected chi connectivity index (χ2v) is 12.7. The van der Waals surface area contributed by atoms with Gasteiger partial charge in [0.15, 0.2) is 0 Å². The lowest BCUT2D eigenvalue weighted by Crippen LogP contribution is -2.40. The molecule has 0 spiro atoms. The van der Waals surface area contributed by atoms with E-state index >= 15 is 0 Å². The van der Waals surface area contributed by atoms with Crippen LogP contribution in [0.5, 0.6) is 0 Å². The van der Waals surface area contributed by atoms with Gasteiger partial charge < -0.3 is 5.32 Å². The number of halogens is 1. The molecule has 0 fully saturated rings. The Labute approximate surface area is 226 Å². The third-order valence-corrected chi connectivity index (χ3v) is 9.53. The quantitative estimate of drug-likeness (QED) is 0.340. The number of rotatable bonds is 6. The van der Waals surface area contributed by atoms with Crippen molar-refractivity contribution in [3.63, 3.8) is 0 Å². The summed E-state index contributed by atoms with van der Waals surface area (Å²) in [6, 6.07) is 20.8. The van der Waals surface area contributed by atoms with Crippen LogP contribution in [0, 0.1) is 19.7 Å². The Bertz CT molecular complexity index is 1820. The molecule has 2 N–H and O–H groups in total. The molecular formula is C28H24FN3O5S2. The number of anilines is 3. The zero-order chi connectivity index (χ0) is 27.9. The highest BCUT2D eigenvalue weighted by atomic mass is 32.2. The summed E-state index contributed by atoms with van der Waals surface area (Å²) in [5.41, 5.74) is 3.43. The number of nitrogens with one attached hydrogen (secondary N) is 2. The summed E-state index contributed by atoms with van der Waals surface area (Å²) >= 11 is 0. The molecule has 0 aromatic heterocycles. The molecule has 1 aliphatic rings. The average molecular weight is 566 g/mol. The van der Waals surface area contributed by atoms with Crippen LogP contribution in [0.4, 0.5) is 21.5 Å². The number of sulfonamides is 2. The van der Waals surface area contributed by atoms with Crippen LogP contribution >= 0.6 is 0 Å². The SMILES string of the molecule is Cc1ccc(NS(=O)(=O)c2ccc(NC(=O)CN3c4ccc(F)cc4-c4ccccc4S3(=O)=O)cc2)c(C)c1. The molecule has 4 aromatic rings. The van der Waals surface area contributed by atoms with E-state index in [4.69, 9.17) is 0 Å². The van der Waals surface area contributed by atoms with Crippen molar-refractivity contribution in [2.24, 2.45) is 0 Å². The van der Waals surface area contributed by atoms with E-state index in [2.05, 4.69) is 10.0 Å². The lowest BCUT2D eigenvalue weighted by atomic mass is 10.0. The predicted octanol–water partition coefficient (Wildman–Crippen LogP) is 5.06. The predicted molar refractivity (Wildman–Crippen MR) is 148 cm³/mol. The number of hydrogen-bond acceptors (Lipinski definition) is 5. The highest BCUT2D eigenvalue weighted by Crippen LogP contribution is 2.43. The summed E-state index contributed by atoms with van der Waals surface area (Å²) in [5.74, 6) is -1.19. The highest BCUT2D eigenvalue weighted by Gasteiger charge is 2.36. The van der Waals surface area contributed by atoms with E-state index < -0.39 is 38.3 Å². The van der Waals surface area contributed by atoms with Crippen molar-refractivity contribution in [1.29, 1.82) is 0 Å². The number of hydrogen-bond donors (Lipinski definition) is 2. The molecule has 0 bridgehead atoms. The van der Waals surface area contributed by atoms with E-state index in [0.29, 0.717) is 16.8 Å². The molecule has 11 heteroatoms. The molecule has 0 atom stereocenters. The first-order valence-corrected chi connectivity index (χ1v) is 14.8. The molecule has 0 aliphatic carbocycles. The van der Waals surface area contributed by atoms with Crippen molar-refractivity contribution < 1.29 is 26.0 Å². The van der Waals surface area contributed by atoms with Gasteiger partial charge in [-0.3, -0.25) is 13.8 Å². The third-order valence-electron chi connectivity index (χ3n) is 6.33. The van der Waals surface area contributed by atoms with Crippen molar-refractivity contribution in [1.82, 2.24) is 0 Å². The van der Waals surface area contributed by atoms with Gasteiger partial charge >= 0.3 is 0 Å². The first-order valence-electron chi connectivity index (χ1n) is 11.9. The van der Waals surface area contributed by atoms with E-state index in [-0.39, 0.29) is 21.2 Å². The fraction of sp³-hybridized carbons (Fsp3) is 0.107. The minimum Gasteiger partial charge on any atom is -0.325 e. The fourth-order valence-electron chi connectivity index (χ4n) is 4.45. The topological polar surface area (TPSA) is 113 Å². The van der Waals surface area contributed by atoms with Crippen molar-refractivity contribution in [3.05, 3.63) is 102 Å². The minimum absolute atomic E-state index is 0.00774. The van der Waals surface area contributed by atoms with Crippen LogP contribution in [0.3, 0.4) is 0 Å². The Morgan fingerprint density at radius 2 is 1.62 bits per heavy atom. The standard InChI is InChI=1S/C28H24FN3O5S2/c1-18-7-13-25(19(2)15-18)31-38(34,35)22-11-9-21(10-12-22)30-28(33)17-32-26-14-8-20(29)16-24(26)23-5-3-4-6-27(23)39(32,36)37/h3-16,31H,17H2,1-2H3,(H,30,33). The Hall–Kier alpha value is -4.22. The van der Waals surface area contributed by atoms with Gasteiger partial charge in [-0.1, -0.05) is 35.9 Å². The van der Waals surface area contributed by atoms with Crippen molar-refractivity contribution >= 4 is 43.0 Å². The lowest BCUT2D eigenvalue weighted by Gasteiger charge is -2.31. The largest absolute Gasteiger partial charge is 0.325 e. The van der Waals surface area contributed by atoms with Gasteiger partial charge in [0.1, 0.15) is 12.4 Å². The zero-order valence-corrected chi connectivity index (χ0v) is 22.6. The molecule has 1 amide bonds. The number of carbonyl (C=O) groups excluding carboxylic acids is 1. The van der Waals surface area contributed by atoms with E-state index in [1.165, 1.54) is 42.5 Å². The highest BCUT2D eigenvalue weighted by molar-refractivity contribution is 7.93. The Kier molecular flexibility index (Phi) is 6.65. The number of amides is 1. The van der Waals surface area contributed by atoms with Gasteiger partial charge in [0.2, 0.25) is 5.91 Å². The van der Waals surface area contributed by atoms with Crippen molar-refractivity contribution in [2.45, 2.75) is 23.6 Å². The molecule has 0 unspecified atom stereocenters. The normalized spacial score (nSPS) is 13.8. The Balaban J connectivity index is 1.35. The summed E-state index contributed by atoms with van der Waals surface area (Å²) in [7, 11) is -7.97. The molecule has 0 saturated heterocycles. The Morgan fingerprint density at radius 3 is 2.33 bits per heavy atom. The molecule has 200 valence electrons. The van der Waals surface area contributed by atoms with E-state index in [1.54, 1.807) is 37.3 Å². The number of benzene rings is 4. The van der Waals surface area contributed by atoms with Gasteiger partial charge in [0.05, 0.1) is 21.2 Å². The first-order chi connectivity index (χ1) is 18.5. The average Bonchev–Trinajstić information content (AvgIpc) is 2.89. The summed E-state index contributed by atoms with van der Waals surface area (Å²) in [6.45, 7) is 3.15. The molecule has 39 heavy (non-hydrogen) atoms. The molecule has 8 nitrogen and oxygen atoms in total. The lowest BCUT2D eigenvalue weighted by molar-refractivity contribution is -0.114. The minimum atomic E-state index is -4.10. The maximum atomic E-state index is 14.0. The van der Waals surface area contributed by atoms with Crippen LogP contribution in [-0.2, 0) is 24.8 Å². The fourth-order valence-corrected chi connectivity index (χ4v) is 7.23. The second kappa shape index (κ2) is 9.83. The molecule has 1 aliphatic heterocycles. The number of nitrogens with zero attached hydrogens (tertiary/aromatic N) is 1. The smallest absolute Gasteiger partial charge is 0.265 e. The van der Waals surface area contributed by atoms with Crippen LogP contribution in [0.25, 0.3) is 11.1 Å². The zero-order valence-electron chi connectivity index (χ0n) is 21.0. The van der Waals surface area contributed by atoms with Gasteiger partial charge in [-0.25, -0.2) is 21.2 Å². The summed E-state index contributed by atoms with van der Waals surface area (Å²) in [6.07, 6.45) is 0. The molecule has 0 saturated carbocycles. The van der Waals surface area contributed by atoms with Crippen LogP contribution < -0.4 is 14.3 Å². The maximum Gasteiger partial charge on any atom is 0.265 e. The number of fused-ring (bicyclic) bond motifs is 3. The third kappa shape index (κ3) is 5.10. The van der Waals surface area contributed by atoms with Crippen LogP contribution in [0.1, 0.15) is 11.1 Å². The van der Waals surface area contributed by atoms with Crippen molar-refractivity contribution in [2.75, 3.05) is 20.9 Å². The van der Waals surface area contributed by atoms with E-state index in [0.717, 1.165) is 21.5 Å².